The summed E-state index contributed by atoms with van der Waals surface area (Å²) in [5.74, 6) is 1.39. The van der Waals surface area contributed by atoms with E-state index < -0.39 is 0 Å². The second-order valence-electron chi connectivity index (χ2n) is 11.6. The number of hydrogen-bond donors (Lipinski definition) is 0. The van der Waals surface area contributed by atoms with E-state index in [1.54, 1.807) is 0 Å². The van der Waals surface area contributed by atoms with Gasteiger partial charge in [-0.3, -0.25) is 0 Å². The molecule has 0 atom stereocenters. The van der Waals surface area contributed by atoms with Gasteiger partial charge >= 0.3 is 0 Å². The fourth-order valence-corrected chi connectivity index (χ4v) is 10.1. The third-order valence-electron chi connectivity index (χ3n) is 9.01. The summed E-state index contributed by atoms with van der Waals surface area (Å²) >= 11 is 3.90. The Kier molecular flexibility index (Phi) is 5.15. The van der Waals surface area contributed by atoms with Crippen molar-refractivity contribution in [3.8, 4) is 20.9 Å². The quantitative estimate of drug-likeness (QED) is 0.181. The number of aryl methyl sites for hydroxylation is 3. The molecule has 0 bridgehead atoms. The maximum atomic E-state index is 2.35. The lowest BCUT2D eigenvalue weighted by atomic mass is 9.78. The molecule has 0 unspecified atom stereocenters. The summed E-state index contributed by atoms with van der Waals surface area (Å²) in [6.07, 6.45) is 0. The number of rotatable bonds is 2. The third-order valence-corrected chi connectivity index (χ3v) is 11.5. The predicted octanol–water partition coefficient (Wildman–Crippen LogP) is 12.0. The van der Waals surface area contributed by atoms with Crippen LogP contribution in [0.3, 0.4) is 0 Å². The lowest BCUT2D eigenvalue weighted by Gasteiger charge is -2.23. The second kappa shape index (κ2) is 8.88. The van der Waals surface area contributed by atoms with E-state index in [0.717, 1.165) is 0 Å². The van der Waals surface area contributed by atoms with Crippen molar-refractivity contribution in [1.29, 1.82) is 0 Å². The molecule has 0 saturated heterocycles. The van der Waals surface area contributed by atoms with Crippen molar-refractivity contribution in [3.63, 3.8) is 0 Å². The topological polar surface area (TPSA) is 0 Å². The van der Waals surface area contributed by atoms with Gasteiger partial charge < -0.3 is 0 Å². The third kappa shape index (κ3) is 3.22. The Balaban J connectivity index is 1.49. The molecular formula is C40H27S2. The van der Waals surface area contributed by atoms with E-state index in [4.69, 9.17) is 0 Å². The number of benzene rings is 6. The fourth-order valence-electron chi connectivity index (χ4n) is 7.52. The van der Waals surface area contributed by atoms with Gasteiger partial charge in [0.1, 0.15) is 0 Å². The predicted molar refractivity (Wildman–Crippen MR) is 184 cm³/mol. The molecule has 0 aliphatic heterocycles. The molecule has 0 fully saturated rings. The van der Waals surface area contributed by atoms with Crippen molar-refractivity contribution in [2.45, 2.75) is 20.8 Å². The zero-order valence-electron chi connectivity index (χ0n) is 23.7. The summed E-state index contributed by atoms with van der Waals surface area (Å²) in [6.45, 7) is 6.74. The molecule has 1 aliphatic carbocycles. The van der Waals surface area contributed by atoms with Gasteiger partial charge in [0.25, 0.3) is 0 Å². The van der Waals surface area contributed by atoms with E-state index in [-0.39, 0.29) is 0 Å². The van der Waals surface area contributed by atoms with E-state index in [2.05, 4.69) is 130 Å². The minimum Gasteiger partial charge on any atom is -0.134 e. The van der Waals surface area contributed by atoms with Crippen molar-refractivity contribution < 1.29 is 0 Å². The van der Waals surface area contributed by atoms with Gasteiger partial charge in [0.15, 0.2) is 0 Å². The van der Waals surface area contributed by atoms with Gasteiger partial charge in [0.05, 0.1) is 15.7 Å². The van der Waals surface area contributed by atoms with E-state index in [0.29, 0.717) is 0 Å². The van der Waals surface area contributed by atoms with Gasteiger partial charge in [-0.1, -0.05) is 103 Å². The Morgan fingerprint density at radius 1 is 0.381 bits per heavy atom. The van der Waals surface area contributed by atoms with Gasteiger partial charge in [-0.2, -0.15) is 0 Å². The Bertz CT molecular complexity index is 2240. The van der Waals surface area contributed by atoms with E-state index in [9.17, 15) is 0 Å². The number of fused-ring (bicyclic) bond motifs is 9. The van der Waals surface area contributed by atoms with Crippen LogP contribution in [-0.4, -0.2) is 0 Å². The molecule has 1 radical (unpaired) electrons. The first-order chi connectivity index (χ1) is 20.6. The highest BCUT2D eigenvalue weighted by Gasteiger charge is 2.39. The Labute approximate surface area is 253 Å². The van der Waals surface area contributed by atoms with Crippen LogP contribution in [0.15, 0.2) is 109 Å². The van der Waals surface area contributed by atoms with Gasteiger partial charge in [-0.25, -0.2) is 0 Å². The summed E-state index contributed by atoms with van der Waals surface area (Å²) in [6, 6.07) is 40.8. The molecule has 199 valence electrons. The molecule has 0 amide bonds. The monoisotopic (exact) mass is 571 g/mol. The van der Waals surface area contributed by atoms with Crippen molar-refractivity contribution in [2.75, 3.05) is 0 Å². The molecule has 2 heterocycles. The van der Waals surface area contributed by atoms with Crippen LogP contribution in [0.2, 0.25) is 0 Å². The molecule has 0 spiro atoms. The van der Waals surface area contributed by atoms with E-state index in [1.165, 1.54) is 102 Å². The molecule has 2 aromatic heterocycles. The summed E-state index contributed by atoms with van der Waals surface area (Å²) < 4.78 is 2.72. The highest BCUT2D eigenvalue weighted by molar-refractivity contribution is 7.29. The zero-order chi connectivity index (χ0) is 28.1. The van der Waals surface area contributed by atoms with Gasteiger partial charge in [0, 0.05) is 9.40 Å². The standard InChI is InChI=1S/C40H27S2/c1-22-20-23(2)33(24(3)21-22)34-25-12-4-6-14-27(25)35(28-15-7-5-13-26(28)34)38-36-29-16-8-10-18-31(29)41-39(36)40-37(38)30-17-9-11-19-32(30)42-40/h4-21H,1-3H3. The summed E-state index contributed by atoms with van der Waals surface area (Å²) in [5, 5.41) is 8.02. The Morgan fingerprint density at radius 3 is 1.21 bits per heavy atom. The molecule has 0 saturated carbocycles. The molecule has 2 heteroatoms. The number of hydrogen-bond acceptors (Lipinski definition) is 2. The Morgan fingerprint density at radius 2 is 0.762 bits per heavy atom. The average Bonchev–Trinajstić information content (AvgIpc) is 3.65. The normalized spacial score (nSPS) is 13.0. The molecule has 0 N–H and O–H groups in total. The minimum atomic E-state index is 1.31. The maximum absolute atomic E-state index is 2.35. The molecule has 42 heavy (non-hydrogen) atoms. The highest BCUT2D eigenvalue weighted by atomic mass is 32.1. The lowest BCUT2D eigenvalue weighted by Crippen LogP contribution is -2.04. The summed E-state index contributed by atoms with van der Waals surface area (Å²) in [7, 11) is 0. The fraction of sp³-hybridized carbons (Fsp3) is 0.0750. The summed E-state index contributed by atoms with van der Waals surface area (Å²) in [5.41, 5.74) is 10.9. The average molecular weight is 572 g/mol. The number of thiophene rings is 2. The van der Waals surface area contributed by atoms with Crippen molar-refractivity contribution >= 4 is 64.4 Å². The molecule has 6 aromatic carbocycles. The van der Waals surface area contributed by atoms with Crippen molar-refractivity contribution in [1.82, 2.24) is 0 Å². The molecule has 1 aliphatic rings. The van der Waals surface area contributed by atoms with Crippen molar-refractivity contribution in [3.05, 3.63) is 148 Å². The van der Waals surface area contributed by atoms with Crippen LogP contribution in [0, 0.1) is 26.7 Å². The van der Waals surface area contributed by atoms with Crippen LogP contribution in [-0.2, 0) is 0 Å². The van der Waals surface area contributed by atoms with Crippen LogP contribution >= 0.6 is 22.7 Å². The zero-order valence-corrected chi connectivity index (χ0v) is 25.3. The van der Waals surface area contributed by atoms with Crippen LogP contribution in [0.25, 0.3) is 62.6 Å². The van der Waals surface area contributed by atoms with E-state index in [1.807, 2.05) is 22.7 Å². The SMILES string of the molecule is Cc1cc(C)c(-c2c3ccccc3c([C]3c4c(sc5ccccc45)-c4sc5ccccc5c43)c3ccccc23)c(C)c1. The van der Waals surface area contributed by atoms with Crippen LogP contribution in [0.4, 0.5) is 0 Å². The second-order valence-corrected chi connectivity index (χ2v) is 13.7. The van der Waals surface area contributed by atoms with Crippen molar-refractivity contribution in [2.24, 2.45) is 0 Å². The smallest absolute Gasteiger partial charge is 0.0684 e. The largest absolute Gasteiger partial charge is 0.134 e. The molecule has 8 aromatic rings. The minimum absolute atomic E-state index is 1.31. The van der Waals surface area contributed by atoms with Gasteiger partial charge in [-0.15, -0.1) is 22.7 Å². The first-order valence-corrected chi connectivity index (χ1v) is 16.2. The Hall–Kier alpha value is -4.24. The summed E-state index contributed by atoms with van der Waals surface area (Å²) in [4.78, 5) is 2.84. The van der Waals surface area contributed by atoms with Crippen LogP contribution in [0.5, 0.6) is 0 Å². The van der Waals surface area contributed by atoms with Crippen LogP contribution < -0.4 is 0 Å². The maximum Gasteiger partial charge on any atom is 0.0684 e. The van der Waals surface area contributed by atoms with E-state index >= 15 is 0 Å². The van der Waals surface area contributed by atoms with Gasteiger partial charge in [-0.05, 0) is 104 Å². The van der Waals surface area contributed by atoms with Gasteiger partial charge in [0.2, 0.25) is 0 Å². The first-order valence-electron chi connectivity index (χ1n) is 14.5. The highest BCUT2D eigenvalue weighted by Crippen LogP contribution is 2.61. The molecule has 0 nitrogen and oxygen atoms in total. The molecule has 9 rings (SSSR count). The van der Waals surface area contributed by atoms with Crippen LogP contribution in [0.1, 0.15) is 33.4 Å². The first kappa shape index (κ1) is 24.4. The molecular weight excluding hydrogens is 545 g/mol. The lowest BCUT2D eigenvalue weighted by molar-refractivity contribution is 1.32.